The van der Waals surface area contributed by atoms with Crippen molar-refractivity contribution in [2.45, 2.75) is 40.7 Å². The zero-order chi connectivity index (χ0) is 26.6. The van der Waals surface area contributed by atoms with E-state index in [1.165, 1.54) is 47.1 Å². The summed E-state index contributed by atoms with van der Waals surface area (Å²) in [6.07, 6.45) is 0. The maximum absolute atomic E-state index is 4.99. The molecule has 4 heteroatoms. The van der Waals surface area contributed by atoms with Gasteiger partial charge >= 0.3 is 0 Å². The summed E-state index contributed by atoms with van der Waals surface area (Å²) in [7, 11) is -1.49. The van der Waals surface area contributed by atoms with Crippen molar-refractivity contribution < 1.29 is 0 Å². The molecule has 2 nitrogen and oxygen atoms in total. The number of aryl methyl sites for hydroxylation is 1. The highest BCUT2D eigenvalue weighted by molar-refractivity contribution is 8.34. The third-order valence-corrected chi connectivity index (χ3v) is 13.2. The second-order valence-corrected chi connectivity index (χ2v) is 15.0. The van der Waals surface area contributed by atoms with Gasteiger partial charge in [0.1, 0.15) is 0 Å². The van der Waals surface area contributed by atoms with Gasteiger partial charge in [-0.15, -0.1) is 0 Å². The van der Waals surface area contributed by atoms with Gasteiger partial charge < -0.3 is 0 Å². The molecule has 2 heterocycles. The van der Waals surface area contributed by atoms with Gasteiger partial charge in [0.15, 0.2) is 4.96 Å². The Balaban J connectivity index is 1.47. The molecule has 0 aliphatic heterocycles. The van der Waals surface area contributed by atoms with E-state index in [4.69, 9.17) is 4.98 Å². The number of aromatic nitrogens is 2. The summed E-state index contributed by atoms with van der Waals surface area (Å²) in [6, 6.07) is 44.7. The van der Waals surface area contributed by atoms with Crippen molar-refractivity contribution in [3.05, 3.63) is 127 Å². The molecule has 0 amide bonds. The minimum Gasteiger partial charge on any atom is -0.283 e. The van der Waals surface area contributed by atoms with Crippen LogP contribution in [0.5, 0.6) is 0 Å². The Kier molecular flexibility index (Phi) is 5.84. The number of nitrogens with zero attached hydrogens (tertiary/aromatic N) is 2. The van der Waals surface area contributed by atoms with Crippen LogP contribution in [0.3, 0.4) is 0 Å². The Morgan fingerprint density at radius 3 is 2.00 bits per heavy atom. The lowest BCUT2D eigenvalue weighted by molar-refractivity contribution is 1.05. The Labute approximate surface area is 234 Å². The first-order valence-corrected chi connectivity index (χ1v) is 15.9. The number of imidazole rings is 1. The smallest absolute Gasteiger partial charge is 0.195 e. The second-order valence-electron chi connectivity index (χ2n) is 10.3. The first-order chi connectivity index (χ1) is 19.1. The third-order valence-electron chi connectivity index (χ3n) is 7.73. The van der Waals surface area contributed by atoms with E-state index in [0.29, 0.717) is 5.25 Å². The number of rotatable bonds is 5. The number of hydrogen-bond acceptors (Lipinski definition) is 2. The predicted molar refractivity (Wildman–Crippen MR) is 169 cm³/mol. The van der Waals surface area contributed by atoms with Crippen LogP contribution in [-0.4, -0.2) is 14.6 Å². The zero-order valence-electron chi connectivity index (χ0n) is 22.3. The number of thiazole rings is 1. The van der Waals surface area contributed by atoms with Gasteiger partial charge in [-0.1, -0.05) is 85.8 Å². The van der Waals surface area contributed by atoms with Crippen molar-refractivity contribution in [1.29, 1.82) is 0 Å². The lowest BCUT2D eigenvalue weighted by atomic mass is 10.00. The van der Waals surface area contributed by atoms with Gasteiger partial charge in [-0.25, -0.2) is 4.98 Å². The predicted octanol–water partition coefficient (Wildman–Crippen LogP) is 10.4. The molecule has 0 atom stereocenters. The number of para-hydroxylation sites is 1. The highest BCUT2D eigenvalue weighted by atomic mass is 32.3. The van der Waals surface area contributed by atoms with Crippen LogP contribution in [0.1, 0.15) is 19.4 Å². The summed E-state index contributed by atoms with van der Waals surface area (Å²) in [5.41, 5.74) is 7.21. The molecular weight excluding hydrogens is 513 g/mol. The Morgan fingerprint density at radius 1 is 0.667 bits per heavy atom. The number of hydrogen-bond donors (Lipinski definition) is 0. The van der Waals surface area contributed by atoms with E-state index in [1.807, 2.05) is 0 Å². The number of benzene rings is 5. The molecule has 0 radical (unpaired) electrons. The van der Waals surface area contributed by atoms with Crippen molar-refractivity contribution in [2.75, 3.05) is 0 Å². The van der Waals surface area contributed by atoms with Gasteiger partial charge in [0.05, 0.1) is 21.3 Å². The molecule has 0 saturated heterocycles. The van der Waals surface area contributed by atoms with Gasteiger partial charge in [-0.2, -0.15) is 10.0 Å². The molecule has 0 aliphatic rings. The highest BCUT2D eigenvalue weighted by Crippen LogP contribution is 2.71. The van der Waals surface area contributed by atoms with Crippen molar-refractivity contribution in [2.24, 2.45) is 0 Å². The lowest BCUT2D eigenvalue weighted by Crippen LogP contribution is -2.14. The summed E-state index contributed by atoms with van der Waals surface area (Å²) < 4.78 is 3.58. The third kappa shape index (κ3) is 3.74. The molecule has 7 aromatic rings. The molecule has 0 bridgehead atoms. The zero-order valence-corrected chi connectivity index (χ0v) is 24.0. The second kappa shape index (κ2) is 9.41. The van der Waals surface area contributed by atoms with E-state index in [-0.39, 0.29) is 0 Å². The standard InChI is InChI=1S/C35H30N2S2/c1-24(2)39(27-14-6-4-7-15-27,28-16-8-5-9-17-28)29-18-12-13-26(22-29)30-23-33-31(21-25(30)3)36-35-37(33)32-19-10-11-20-34(32)38-35/h4-24H,1-3H3. The Bertz CT molecular complexity index is 1910. The average molecular weight is 543 g/mol. The fourth-order valence-corrected chi connectivity index (χ4v) is 11.3. The topological polar surface area (TPSA) is 17.3 Å². The summed E-state index contributed by atoms with van der Waals surface area (Å²) in [5, 5.41) is 0.424. The monoisotopic (exact) mass is 542 g/mol. The van der Waals surface area contributed by atoms with Crippen LogP contribution in [0.4, 0.5) is 0 Å². The van der Waals surface area contributed by atoms with Crippen molar-refractivity contribution in [3.8, 4) is 11.1 Å². The van der Waals surface area contributed by atoms with Crippen molar-refractivity contribution in [1.82, 2.24) is 9.38 Å². The van der Waals surface area contributed by atoms with Crippen LogP contribution in [0.25, 0.3) is 37.3 Å². The van der Waals surface area contributed by atoms with Crippen LogP contribution >= 0.6 is 21.4 Å². The van der Waals surface area contributed by atoms with Gasteiger partial charge in [0.2, 0.25) is 0 Å². The average Bonchev–Trinajstić information content (AvgIpc) is 3.49. The van der Waals surface area contributed by atoms with Crippen LogP contribution in [-0.2, 0) is 0 Å². The molecule has 192 valence electrons. The molecule has 0 aliphatic carbocycles. The lowest BCUT2D eigenvalue weighted by Gasteiger charge is -2.45. The largest absolute Gasteiger partial charge is 0.283 e. The quantitative estimate of drug-likeness (QED) is 0.211. The Morgan fingerprint density at radius 2 is 1.31 bits per heavy atom. The summed E-state index contributed by atoms with van der Waals surface area (Å²) in [6.45, 7) is 6.97. The van der Waals surface area contributed by atoms with Crippen molar-refractivity contribution >= 4 is 47.6 Å². The van der Waals surface area contributed by atoms with Gasteiger partial charge in [0, 0.05) is 0 Å². The molecule has 0 saturated carbocycles. The minimum absolute atomic E-state index is 0.424. The normalized spacial score (nSPS) is 12.6. The van der Waals surface area contributed by atoms with Crippen LogP contribution in [0, 0.1) is 6.92 Å². The van der Waals surface area contributed by atoms with E-state index in [2.05, 4.69) is 146 Å². The minimum atomic E-state index is -1.49. The molecule has 5 aromatic carbocycles. The summed E-state index contributed by atoms with van der Waals surface area (Å²) in [4.78, 5) is 10.2. The number of fused-ring (bicyclic) bond motifs is 5. The molecule has 0 spiro atoms. The molecule has 2 aromatic heterocycles. The Hall–Kier alpha value is -3.86. The molecular formula is C35H30N2S2. The SMILES string of the molecule is Cc1cc2nc3sc4ccccc4n3c2cc1-c1cccc(S(c2ccccc2)(c2ccccc2)C(C)C)c1. The molecule has 39 heavy (non-hydrogen) atoms. The summed E-state index contributed by atoms with van der Waals surface area (Å²) in [5.74, 6) is 0. The van der Waals surface area contributed by atoms with E-state index in [9.17, 15) is 0 Å². The van der Waals surface area contributed by atoms with E-state index < -0.39 is 10.0 Å². The van der Waals surface area contributed by atoms with Gasteiger partial charge in [-0.3, -0.25) is 4.40 Å². The fraction of sp³-hybridized carbons (Fsp3) is 0.114. The maximum atomic E-state index is 4.99. The molecule has 0 unspecified atom stereocenters. The first kappa shape index (κ1) is 24.2. The van der Waals surface area contributed by atoms with Crippen LogP contribution < -0.4 is 0 Å². The summed E-state index contributed by atoms with van der Waals surface area (Å²) >= 11 is 1.75. The van der Waals surface area contributed by atoms with E-state index in [0.717, 1.165) is 10.5 Å². The fourth-order valence-electron chi connectivity index (χ4n) is 6.00. The molecule has 0 N–H and O–H groups in total. The molecule has 7 rings (SSSR count). The van der Waals surface area contributed by atoms with E-state index >= 15 is 0 Å². The first-order valence-electron chi connectivity index (χ1n) is 13.4. The van der Waals surface area contributed by atoms with E-state index in [1.54, 1.807) is 11.3 Å². The van der Waals surface area contributed by atoms with Gasteiger partial charge in [-0.05, 0) is 104 Å². The molecule has 0 fully saturated rings. The maximum Gasteiger partial charge on any atom is 0.195 e. The van der Waals surface area contributed by atoms with Crippen molar-refractivity contribution in [3.63, 3.8) is 0 Å². The van der Waals surface area contributed by atoms with Gasteiger partial charge in [0.25, 0.3) is 0 Å². The highest BCUT2D eigenvalue weighted by Gasteiger charge is 2.34. The van der Waals surface area contributed by atoms with Crippen LogP contribution in [0.2, 0.25) is 0 Å². The van der Waals surface area contributed by atoms with Crippen LogP contribution in [0.15, 0.2) is 136 Å².